The van der Waals surface area contributed by atoms with Crippen LogP contribution in [0.15, 0.2) is 176 Å². The van der Waals surface area contributed by atoms with Gasteiger partial charge >= 0.3 is 0 Å². The summed E-state index contributed by atoms with van der Waals surface area (Å²) in [5, 5.41) is 5.99. The molecular formula is C53H41NSi. The van der Waals surface area contributed by atoms with Crippen LogP contribution in [0.3, 0.4) is 0 Å². The van der Waals surface area contributed by atoms with Gasteiger partial charge in [-0.15, -0.1) is 0 Å². The van der Waals surface area contributed by atoms with Crippen LogP contribution >= 0.6 is 0 Å². The topological polar surface area (TPSA) is 3.24 Å². The summed E-state index contributed by atoms with van der Waals surface area (Å²) in [7, 11) is -2.61. The van der Waals surface area contributed by atoms with E-state index in [1.165, 1.54) is 105 Å². The van der Waals surface area contributed by atoms with E-state index in [0.717, 1.165) is 0 Å². The van der Waals surface area contributed by atoms with E-state index in [1.807, 2.05) is 0 Å². The van der Waals surface area contributed by atoms with Gasteiger partial charge in [0.1, 0.15) is 0 Å². The van der Waals surface area contributed by atoms with Crippen LogP contribution < -0.4 is 25.6 Å². The molecule has 0 amide bonds. The van der Waals surface area contributed by atoms with E-state index in [4.69, 9.17) is 0 Å². The Morgan fingerprint density at radius 2 is 0.764 bits per heavy atom. The first kappa shape index (κ1) is 32.2. The van der Waals surface area contributed by atoms with Gasteiger partial charge in [-0.3, -0.25) is 0 Å². The number of aryl methyl sites for hydroxylation is 2. The molecule has 0 fully saturated rings. The lowest BCUT2D eigenvalue weighted by Gasteiger charge is -2.31. The first-order chi connectivity index (χ1) is 26.9. The average molecular weight is 720 g/mol. The largest absolute Gasteiger partial charge is 0.310 e. The van der Waals surface area contributed by atoms with E-state index in [1.54, 1.807) is 0 Å². The van der Waals surface area contributed by atoms with Gasteiger partial charge in [0.2, 0.25) is 0 Å². The summed E-state index contributed by atoms with van der Waals surface area (Å²) >= 11 is 0. The van der Waals surface area contributed by atoms with Gasteiger partial charge < -0.3 is 4.90 Å². The number of anilines is 3. The average Bonchev–Trinajstić information content (AvgIpc) is 3.77. The molecule has 2 aliphatic heterocycles. The second kappa shape index (κ2) is 11.6. The van der Waals surface area contributed by atoms with Gasteiger partial charge in [0, 0.05) is 22.5 Å². The Labute approximate surface area is 325 Å². The maximum Gasteiger partial charge on any atom is 0.182 e. The minimum atomic E-state index is -2.61. The maximum atomic E-state index is 2.57. The highest BCUT2D eigenvalue weighted by molar-refractivity contribution is 7.24. The van der Waals surface area contributed by atoms with Crippen LogP contribution in [0.5, 0.6) is 0 Å². The van der Waals surface area contributed by atoms with Crippen LogP contribution in [0.2, 0.25) is 0 Å². The minimum absolute atomic E-state index is 0.105. The molecule has 8 aromatic rings. The second-order valence-electron chi connectivity index (χ2n) is 16.2. The van der Waals surface area contributed by atoms with Crippen LogP contribution in [0, 0.1) is 13.8 Å². The first-order valence-corrected chi connectivity index (χ1v) is 21.5. The zero-order valence-electron chi connectivity index (χ0n) is 31.7. The van der Waals surface area contributed by atoms with Crippen molar-refractivity contribution in [3.05, 3.63) is 198 Å². The van der Waals surface area contributed by atoms with Crippen molar-refractivity contribution in [2.45, 2.75) is 33.1 Å². The molecular weight excluding hydrogens is 679 g/mol. The van der Waals surface area contributed by atoms with Crippen LogP contribution in [-0.4, -0.2) is 8.07 Å². The van der Waals surface area contributed by atoms with Gasteiger partial charge in [0.05, 0.1) is 0 Å². The maximum absolute atomic E-state index is 2.61. The van der Waals surface area contributed by atoms with Crippen molar-refractivity contribution in [3.8, 4) is 44.5 Å². The van der Waals surface area contributed by atoms with Crippen molar-refractivity contribution >= 4 is 45.9 Å². The summed E-state index contributed by atoms with van der Waals surface area (Å²) in [6.07, 6.45) is 0. The number of rotatable bonds is 4. The highest BCUT2D eigenvalue weighted by Gasteiger charge is 2.54. The van der Waals surface area contributed by atoms with Gasteiger partial charge in [0.15, 0.2) is 8.07 Å². The highest BCUT2D eigenvalue weighted by atomic mass is 28.3. The fraction of sp³-hybridized carbons (Fsp3) is 0.0943. The predicted molar refractivity (Wildman–Crippen MR) is 235 cm³/mol. The van der Waals surface area contributed by atoms with Crippen molar-refractivity contribution in [3.63, 3.8) is 0 Å². The third-order valence-electron chi connectivity index (χ3n) is 13.0. The Kier molecular flexibility index (Phi) is 6.82. The van der Waals surface area contributed by atoms with Crippen LogP contribution in [-0.2, 0) is 5.41 Å². The van der Waals surface area contributed by atoms with Gasteiger partial charge in [-0.25, -0.2) is 0 Å². The molecule has 1 nitrogen and oxygen atoms in total. The van der Waals surface area contributed by atoms with E-state index in [9.17, 15) is 0 Å². The molecule has 55 heavy (non-hydrogen) atoms. The number of hydrogen-bond acceptors (Lipinski definition) is 1. The molecule has 0 N–H and O–H groups in total. The molecule has 262 valence electrons. The Balaban J connectivity index is 1.16. The van der Waals surface area contributed by atoms with Crippen molar-refractivity contribution in [2.24, 2.45) is 0 Å². The molecule has 1 aliphatic carbocycles. The molecule has 0 aromatic heterocycles. The van der Waals surface area contributed by atoms with Crippen LogP contribution in [0.25, 0.3) is 44.5 Å². The van der Waals surface area contributed by atoms with E-state index < -0.39 is 8.07 Å². The molecule has 0 atom stereocenters. The fourth-order valence-corrected chi connectivity index (χ4v) is 16.1. The molecule has 0 unspecified atom stereocenters. The fourth-order valence-electron chi connectivity index (χ4n) is 10.5. The summed E-state index contributed by atoms with van der Waals surface area (Å²) < 4.78 is 0. The van der Waals surface area contributed by atoms with Crippen molar-refractivity contribution in [1.29, 1.82) is 0 Å². The molecule has 2 heterocycles. The molecule has 3 aliphatic rings. The van der Waals surface area contributed by atoms with Crippen LogP contribution in [0.4, 0.5) is 17.1 Å². The van der Waals surface area contributed by atoms with E-state index in [-0.39, 0.29) is 5.41 Å². The summed E-state index contributed by atoms with van der Waals surface area (Å²) in [6.45, 7) is 9.23. The SMILES string of the molecule is Cc1ccccc1-c1ccc(N(c2ccc3c(c2)C(C)(C)c2ccccc2-3)c2ccc3c(c2)[Si]2(c4ccccc4-c4ccccc42)c2ccccc2-3)cc1C. The Hall–Kier alpha value is -6.22. The molecule has 8 aromatic carbocycles. The third kappa shape index (κ3) is 4.35. The Morgan fingerprint density at radius 3 is 1.36 bits per heavy atom. The molecule has 1 spiro atoms. The van der Waals surface area contributed by atoms with E-state index >= 15 is 0 Å². The molecule has 0 saturated heterocycles. The summed E-state index contributed by atoms with van der Waals surface area (Å²) in [6, 6.07) is 66.9. The lowest BCUT2D eigenvalue weighted by molar-refractivity contribution is 0.660. The molecule has 0 saturated carbocycles. The second-order valence-corrected chi connectivity index (χ2v) is 19.8. The van der Waals surface area contributed by atoms with E-state index in [2.05, 4.69) is 209 Å². The molecule has 2 heteroatoms. The number of benzene rings is 8. The van der Waals surface area contributed by atoms with E-state index in [0.29, 0.717) is 0 Å². The zero-order valence-corrected chi connectivity index (χ0v) is 32.7. The van der Waals surface area contributed by atoms with Crippen molar-refractivity contribution in [1.82, 2.24) is 0 Å². The Morgan fingerprint density at radius 1 is 0.345 bits per heavy atom. The van der Waals surface area contributed by atoms with Gasteiger partial charge in [-0.1, -0.05) is 153 Å². The third-order valence-corrected chi connectivity index (χ3v) is 17.9. The molecule has 11 rings (SSSR count). The van der Waals surface area contributed by atoms with Gasteiger partial charge in [-0.2, -0.15) is 0 Å². The quantitative estimate of drug-likeness (QED) is 0.164. The lowest BCUT2D eigenvalue weighted by atomic mass is 9.82. The van der Waals surface area contributed by atoms with Crippen molar-refractivity contribution in [2.75, 3.05) is 4.90 Å². The number of nitrogens with zero attached hydrogens (tertiary/aromatic N) is 1. The summed E-state index contributed by atoms with van der Waals surface area (Å²) in [4.78, 5) is 2.52. The van der Waals surface area contributed by atoms with Gasteiger partial charge in [-0.05, 0) is 138 Å². The lowest BCUT2D eigenvalue weighted by Crippen LogP contribution is -2.70. The van der Waals surface area contributed by atoms with Crippen molar-refractivity contribution < 1.29 is 0 Å². The number of hydrogen-bond donors (Lipinski definition) is 0. The molecule has 0 radical (unpaired) electrons. The highest BCUT2D eigenvalue weighted by Crippen LogP contribution is 2.51. The molecule has 0 bridgehead atoms. The summed E-state index contributed by atoms with van der Waals surface area (Å²) in [5.74, 6) is 0. The van der Waals surface area contributed by atoms with Gasteiger partial charge in [0.25, 0.3) is 0 Å². The monoisotopic (exact) mass is 719 g/mol. The normalized spacial score (nSPS) is 14.5. The first-order valence-electron chi connectivity index (χ1n) is 19.5. The smallest absolute Gasteiger partial charge is 0.182 e. The zero-order chi connectivity index (χ0) is 37.1. The predicted octanol–water partition coefficient (Wildman–Crippen LogP) is 11.1. The summed E-state index contributed by atoms with van der Waals surface area (Å²) in [5.41, 5.74) is 19.5. The number of fused-ring (bicyclic) bond motifs is 13. The van der Waals surface area contributed by atoms with Crippen LogP contribution in [0.1, 0.15) is 36.1 Å². The minimum Gasteiger partial charge on any atom is -0.310 e. The standard InChI is InChI=1S/C53H41NSi/c1-34-15-5-6-16-39(34)40-28-25-36(31-35(40)2)54(37-26-29-42-41-17-7-11-21-47(41)53(3,4)48(42)32-37)38-27-30-46-45-20-10-14-24-51(45)55(52(46)33-38)49-22-12-8-18-43(49)44-19-9-13-23-50(44)55/h5-33H,1-4H3. The Bertz CT molecular complexity index is 2830.